The van der Waals surface area contributed by atoms with Gasteiger partial charge in [-0.05, 0) is 37.8 Å². The monoisotopic (exact) mass is 350 g/mol. The highest BCUT2D eigenvalue weighted by Gasteiger charge is 2.38. The van der Waals surface area contributed by atoms with Crippen LogP contribution < -0.4 is 14.4 Å². The van der Waals surface area contributed by atoms with Crippen LogP contribution in [0.1, 0.15) is 44.9 Å². The van der Waals surface area contributed by atoms with Crippen molar-refractivity contribution in [2.24, 2.45) is 5.92 Å². The van der Waals surface area contributed by atoms with Crippen LogP contribution in [0.2, 0.25) is 0 Å². The standard InChI is InChI=1S/C17H22N2O4S/c20-17(12-5-2-1-3-6-12)23-13-8-9-14-15(11-13)24(21,22)18-16-7-4-10-19(14)16/h8-9,11-12,16,18H,1-7,10H2. The minimum atomic E-state index is -3.56. The second kappa shape index (κ2) is 6.04. The molecule has 2 heterocycles. The number of nitrogens with zero attached hydrogens (tertiary/aromatic N) is 1. The fourth-order valence-corrected chi connectivity index (χ4v) is 5.43. The number of fused-ring (bicyclic) bond motifs is 3. The lowest BCUT2D eigenvalue weighted by Gasteiger charge is -2.34. The summed E-state index contributed by atoms with van der Waals surface area (Å²) in [6, 6.07) is 4.94. The summed E-state index contributed by atoms with van der Waals surface area (Å²) in [6.45, 7) is 0.835. The van der Waals surface area contributed by atoms with Crippen LogP contribution in [0.5, 0.6) is 5.75 Å². The number of hydrogen-bond acceptors (Lipinski definition) is 5. The zero-order valence-corrected chi connectivity index (χ0v) is 14.3. The minimum Gasteiger partial charge on any atom is -0.426 e. The number of carbonyl (C=O) groups is 1. The average molecular weight is 350 g/mol. The van der Waals surface area contributed by atoms with Crippen molar-refractivity contribution in [3.8, 4) is 5.75 Å². The first-order chi connectivity index (χ1) is 11.5. The van der Waals surface area contributed by atoms with Gasteiger partial charge >= 0.3 is 5.97 Å². The number of esters is 1. The van der Waals surface area contributed by atoms with E-state index in [1.165, 1.54) is 12.5 Å². The Morgan fingerprint density at radius 1 is 1.12 bits per heavy atom. The van der Waals surface area contributed by atoms with E-state index in [2.05, 4.69) is 9.62 Å². The number of rotatable bonds is 2. The molecule has 1 unspecified atom stereocenters. The van der Waals surface area contributed by atoms with Crippen LogP contribution in [0.25, 0.3) is 0 Å². The Morgan fingerprint density at radius 2 is 1.92 bits per heavy atom. The zero-order chi connectivity index (χ0) is 16.7. The smallest absolute Gasteiger partial charge is 0.314 e. The Labute approximate surface area is 142 Å². The second-order valence-electron chi connectivity index (χ2n) is 6.86. The van der Waals surface area contributed by atoms with E-state index in [0.29, 0.717) is 11.4 Å². The van der Waals surface area contributed by atoms with E-state index >= 15 is 0 Å². The molecule has 0 aromatic heterocycles. The van der Waals surface area contributed by atoms with Crippen molar-refractivity contribution in [1.82, 2.24) is 4.72 Å². The van der Waals surface area contributed by atoms with Crippen LogP contribution in [0.4, 0.5) is 5.69 Å². The highest BCUT2D eigenvalue weighted by molar-refractivity contribution is 7.89. The van der Waals surface area contributed by atoms with Crippen molar-refractivity contribution in [2.45, 2.75) is 56.0 Å². The van der Waals surface area contributed by atoms with Gasteiger partial charge in [0.1, 0.15) is 10.6 Å². The van der Waals surface area contributed by atoms with Crippen molar-refractivity contribution in [1.29, 1.82) is 0 Å². The lowest BCUT2D eigenvalue weighted by Crippen LogP contribution is -2.48. The molecule has 4 rings (SSSR count). The van der Waals surface area contributed by atoms with Crippen molar-refractivity contribution in [3.63, 3.8) is 0 Å². The molecule has 130 valence electrons. The van der Waals surface area contributed by atoms with E-state index in [1.54, 1.807) is 12.1 Å². The van der Waals surface area contributed by atoms with E-state index in [9.17, 15) is 13.2 Å². The Bertz CT molecular complexity index is 756. The van der Waals surface area contributed by atoms with E-state index < -0.39 is 10.0 Å². The van der Waals surface area contributed by atoms with Crippen molar-refractivity contribution < 1.29 is 17.9 Å². The molecule has 1 saturated carbocycles. The van der Waals surface area contributed by atoms with Crippen LogP contribution in [0, 0.1) is 5.92 Å². The zero-order valence-electron chi connectivity index (χ0n) is 13.5. The minimum absolute atomic E-state index is 0.0625. The summed E-state index contributed by atoms with van der Waals surface area (Å²) in [5, 5.41) is 0. The van der Waals surface area contributed by atoms with Crippen LogP contribution in [-0.2, 0) is 14.8 Å². The maximum atomic E-state index is 12.5. The van der Waals surface area contributed by atoms with Crippen LogP contribution in [0.3, 0.4) is 0 Å². The molecule has 3 aliphatic rings. The van der Waals surface area contributed by atoms with Gasteiger partial charge in [0.15, 0.2) is 0 Å². The Hall–Kier alpha value is -1.60. The molecule has 1 N–H and O–H groups in total. The van der Waals surface area contributed by atoms with Gasteiger partial charge in [-0.3, -0.25) is 4.79 Å². The third kappa shape index (κ3) is 2.80. The maximum absolute atomic E-state index is 12.5. The fraction of sp³-hybridized carbons (Fsp3) is 0.588. The number of nitrogens with one attached hydrogen (secondary N) is 1. The van der Waals surface area contributed by atoms with E-state index in [-0.39, 0.29) is 22.9 Å². The van der Waals surface area contributed by atoms with Crippen molar-refractivity contribution in [2.75, 3.05) is 11.4 Å². The highest BCUT2D eigenvalue weighted by Crippen LogP contribution is 2.37. The predicted octanol–water partition coefficient (Wildman–Crippen LogP) is 2.39. The molecular weight excluding hydrogens is 328 g/mol. The van der Waals surface area contributed by atoms with Gasteiger partial charge < -0.3 is 9.64 Å². The third-order valence-corrected chi connectivity index (χ3v) is 6.72. The summed E-state index contributed by atoms with van der Waals surface area (Å²) in [6.07, 6.45) is 6.62. The molecule has 0 radical (unpaired) electrons. The van der Waals surface area contributed by atoms with Gasteiger partial charge in [-0.2, -0.15) is 4.72 Å². The van der Waals surface area contributed by atoms with Gasteiger partial charge in [-0.25, -0.2) is 8.42 Å². The molecule has 1 atom stereocenters. The number of anilines is 1. The van der Waals surface area contributed by atoms with Gasteiger partial charge in [0, 0.05) is 12.6 Å². The maximum Gasteiger partial charge on any atom is 0.314 e. The van der Waals surface area contributed by atoms with Gasteiger partial charge in [0.05, 0.1) is 17.8 Å². The summed E-state index contributed by atoms with van der Waals surface area (Å²) in [7, 11) is -3.56. The normalized spacial score (nSPS) is 25.8. The SMILES string of the molecule is O=C(Oc1ccc2c(c1)S(=O)(=O)NC1CCCN21)C1CCCCC1. The number of sulfonamides is 1. The van der Waals surface area contributed by atoms with Crippen LogP contribution in [0.15, 0.2) is 23.1 Å². The molecular formula is C17H22N2O4S. The van der Waals surface area contributed by atoms with Crippen molar-refractivity contribution in [3.05, 3.63) is 18.2 Å². The largest absolute Gasteiger partial charge is 0.426 e. The molecule has 1 aromatic rings. The number of hydrogen-bond donors (Lipinski definition) is 1. The first kappa shape index (κ1) is 15.9. The molecule has 1 aliphatic carbocycles. The van der Waals surface area contributed by atoms with E-state index in [1.807, 2.05) is 0 Å². The fourth-order valence-electron chi connectivity index (χ4n) is 3.97. The summed E-state index contributed by atoms with van der Waals surface area (Å²) >= 11 is 0. The average Bonchev–Trinajstić information content (AvgIpc) is 3.03. The van der Waals surface area contributed by atoms with Crippen molar-refractivity contribution >= 4 is 21.7 Å². The molecule has 2 aliphatic heterocycles. The lowest BCUT2D eigenvalue weighted by atomic mass is 9.89. The Morgan fingerprint density at radius 3 is 2.71 bits per heavy atom. The van der Waals surface area contributed by atoms with Crippen LogP contribution >= 0.6 is 0 Å². The molecule has 24 heavy (non-hydrogen) atoms. The van der Waals surface area contributed by atoms with E-state index in [4.69, 9.17) is 4.74 Å². The Kier molecular flexibility index (Phi) is 4.00. The summed E-state index contributed by atoms with van der Waals surface area (Å²) in [5.74, 6) is 0.00897. The lowest BCUT2D eigenvalue weighted by molar-refractivity contribution is -0.140. The second-order valence-corrected chi connectivity index (χ2v) is 8.54. The summed E-state index contributed by atoms with van der Waals surface area (Å²) < 4.78 is 33.1. The van der Waals surface area contributed by atoms with Gasteiger partial charge in [0.25, 0.3) is 0 Å². The van der Waals surface area contributed by atoms with Crippen LogP contribution in [-0.4, -0.2) is 27.1 Å². The van der Waals surface area contributed by atoms with Gasteiger partial charge in [-0.15, -0.1) is 0 Å². The molecule has 1 aromatic carbocycles. The number of benzene rings is 1. The first-order valence-electron chi connectivity index (χ1n) is 8.69. The van der Waals surface area contributed by atoms with Gasteiger partial charge in [-0.1, -0.05) is 19.3 Å². The third-order valence-electron chi connectivity index (χ3n) is 5.23. The molecule has 2 fully saturated rings. The molecule has 1 saturated heterocycles. The Balaban J connectivity index is 1.59. The number of ether oxygens (including phenoxy) is 1. The molecule has 0 bridgehead atoms. The molecule has 0 spiro atoms. The first-order valence-corrected chi connectivity index (χ1v) is 10.2. The summed E-state index contributed by atoms with van der Waals surface area (Å²) in [5.41, 5.74) is 0.703. The predicted molar refractivity (Wildman–Crippen MR) is 89.3 cm³/mol. The summed E-state index contributed by atoms with van der Waals surface area (Å²) in [4.78, 5) is 14.6. The molecule has 0 amide bonds. The topological polar surface area (TPSA) is 75.7 Å². The highest BCUT2D eigenvalue weighted by atomic mass is 32.2. The number of carbonyl (C=O) groups excluding carboxylic acids is 1. The van der Waals surface area contributed by atoms with Gasteiger partial charge in [0.2, 0.25) is 10.0 Å². The quantitative estimate of drug-likeness (QED) is 0.655. The molecule has 6 nitrogen and oxygen atoms in total. The van der Waals surface area contributed by atoms with E-state index in [0.717, 1.165) is 45.1 Å². The molecule has 7 heteroatoms.